The van der Waals surface area contributed by atoms with E-state index in [1.54, 1.807) is 19.5 Å². The zero-order valence-corrected chi connectivity index (χ0v) is 12.1. The van der Waals surface area contributed by atoms with Gasteiger partial charge < -0.3 is 4.74 Å². The minimum absolute atomic E-state index is 0.140. The molecule has 0 aliphatic carbocycles. The van der Waals surface area contributed by atoms with E-state index >= 15 is 0 Å². The fourth-order valence-corrected chi connectivity index (χ4v) is 2.21. The number of aryl methyl sites for hydroxylation is 2. The molecule has 0 aliphatic rings. The van der Waals surface area contributed by atoms with Gasteiger partial charge in [-0.2, -0.15) is 0 Å². The molecule has 0 spiro atoms. The Labute approximate surface area is 119 Å². The summed E-state index contributed by atoms with van der Waals surface area (Å²) in [6.07, 6.45) is 3.98. The van der Waals surface area contributed by atoms with Gasteiger partial charge in [-0.3, -0.25) is 16.3 Å². The Kier molecular flexibility index (Phi) is 4.65. The molecule has 0 amide bonds. The van der Waals surface area contributed by atoms with E-state index in [-0.39, 0.29) is 6.04 Å². The van der Waals surface area contributed by atoms with E-state index in [0.717, 1.165) is 12.1 Å². The predicted molar refractivity (Wildman–Crippen MR) is 78.3 cm³/mol. The van der Waals surface area contributed by atoms with Crippen molar-refractivity contribution in [3.63, 3.8) is 0 Å². The topological polar surface area (TPSA) is 73.1 Å². The molecule has 0 fully saturated rings. The number of methoxy groups -OCH3 is 1. The number of nitrogens with one attached hydrogen (secondary N) is 1. The summed E-state index contributed by atoms with van der Waals surface area (Å²) in [6.45, 7) is 4.17. The van der Waals surface area contributed by atoms with Crippen molar-refractivity contribution in [2.24, 2.45) is 5.84 Å². The monoisotopic (exact) mass is 272 g/mol. The average Bonchev–Trinajstić information content (AvgIpc) is 2.48. The van der Waals surface area contributed by atoms with Crippen LogP contribution < -0.4 is 16.0 Å². The zero-order chi connectivity index (χ0) is 14.5. The van der Waals surface area contributed by atoms with Gasteiger partial charge in [0.2, 0.25) is 5.88 Å². The van der Waals surface area contributed by atoms with Crippen LogP contribution in [0.4, 0.5) is 0 Å². The van der Waals surface area contributed by atoms with Crippen LogP contribution in [0, 0.1) is 13.8 Å². The summed E-state index contributed by atoms with van der Waals surface area (Å²) in [7, 11) is 1.58. The summed E-state index contributed by atoms with van der Waals surface area (Å²) in [5.74, 6) is 6.19. The number of hydrogen-bond donors (Lipinski definition) is 2. The summed E-state index contributed by atoms with van der Waals surface area (Å²) < 4.78 is 5.25. The first-order chi connectivity index (χ1) is 9.65. The smallest absolute Gasteiger partial charge is 0.237 e. The Balaban J connectivity index is 2.31. The van der Waals surface area contributed by atoms with E-state index in [1.165, 1.54) is 16.7 Å². The van der Waals surface area contributed by atoms with Crippen LogP contribution in [-0.4, -0.2) is 17.1 Å². The first-order valence-corrected chi connectivity index (χ1v) is 6.53. The fourth-order valence-electron chi connectivity index (χ4n) is 2.21. The van der Waals surface area contributed by atoms with Gasteiger partial charge in [0.15, 0.2) is 0 Å². The van der Waals surface area contributed by atoms with Crippen molar-refractivity contribution in [2.75, 3.05) is 7.11 Å². The maximum Gasteiger partial charge on any atom is 0.237 e. The molecule has 0 bridgehead atoms. The molecule has 0 radical (unpaired) electrons. The van der Waals surface area contributed by atoms with Crippen molar-refractivity contribution in [1.29, 1.82) is 0 Å². The van der Waals surface area contributed by atoms with Crippen molar-refractivity contribution in [1.82, 2.24) is 15.4 Å². The number of ether oxygens (including phenoxy) is 1. The number of benzene rings is 1. The largest absolute Gasteiger partial charge is 0.480 e. The minimum atomic E-state index is -0.140. The third-order valence-electron chi connectivity index (χ3n) is 3.34. The van der Waals surface area contributed by atoms with Crippen molar-refractivity contribution in [2.45, 2.75) is 26.3 Å². The van der Waals surface area contributed by atoms with Crippen LogP contribution in [-0.2, 0) is 6.42 Å². The molecule has 2 aromatic rings. The van der Waals surface area contributed by atoms with Crippen LogP contribution in [0.1, 0.15) is 28.4 Å². The lowest BCUT2D eigenvalue weighted by Gasteiger charge is -2.18. The van der Waals surface area contributed by atoms with E-state index in [2.05, 4.69) is 47.4 Å². The molecule has 0 aliphatic heterocycles. The maximum absolute atomic E-state index is 5.69. The lowest BCUT2D eigenvalue weighted by atomic mass is 9.97. The summed E-state index contributed by atoms with van der Waals surface area (Å²) in [5.41, 5.74) is 7.23. The van der Waals surface area contributed by atoms with Crippen LogP contribution in [0.5, 0.6) is 5.88 Å². The highest BCUT2D eigenvalue weighted by atomic mass is 16.5. The Bertz CT molecular complexity index is 586. The van der Waals surface area contributed by atoms with Gasteiger partial charge in [-0.25, -0.2) is 4.98 Å². The number of nitrogens with two attached hydrogens (primary N) is 1. The highest BCUT2D eigenvalue weighted by molar-refractivity contribution is 5.33. The van der Waals surface area contributed by atoms with Crippen LogP contribution in [0.25, 0.3) is 0 Å². The second kappa shape index (κ2) is 6.45. The standard InChI is InChI=1S/C15H20N4O/c1-10-4-5-11(2)12(8-10)9-13(19-16)14-15(20-3)18-7-6-17-14/h4-8,13,19H,9,16H2,1-3H3. The lowest BCUT2D eigenvalue weighted by molar-refractivity contribution is 0.377. The van der Waals surface area contributed by atoms with Gasteiger partial charge in [0.25, 0.3) is 0 Å². The van der Waals surface area contributed by atoms with E-state index in [4.69, 9.17) is 10.6 Å². The highest BCUT2D eigenvalue weighted by Crippen LogP contribution is 2.24. The lowest BCUT2D eigenvalue weighted by Crippen LogP contribution is -2.31. The minimum Gasteiger partial charge on any atom is -0.480 e. The number of nitrogens with zero attached hydrogens (tertiary/aromatic N) is 2. The quantitative estimate of drug-likeness (QED) is 0.642. The normalized spacial score (nSPS) is 12.2. The molecule has 3 N–H and O–H groups in total. The average molecular weight is 272 g/mol. The Hall–Kier alpha value is -1.98. The molecular formula is C15H20N4O. The van der Waals surface area contributed by atoms with Gasteiger partial charge in [0.1, 0.15) is 5.69 Å². The summed E-state index contributed by atoms with van der Waals surface area (Å²) in [4.78, 5) is 8.51. The second-order valence-electron chi connectivity index (χ2n) is 4.80. The van der Waals surface area contributed by atoms with Crippen LogP contribution in [0.3, 0.4) is 0 Å². The third-order valence-corrected chi connectivity index (χ3v) is 3.34. The number of aromatic nitrogens is 2. The van der Waals surface area contributed by atoms with E-state index in [9.17, 15) is 0 Å². The Morgan fingerprint density at radius 1 is 1.25 bits per heavy atom. The van der Waals surface area contributed by atoms with Crippen LogP contribution in [0.15, 0.2) is 30.6 Å². The van der Waals surface area contributed by atoms with Gasteiger partial charge in [-0.15, -0.1) is 0 Å². The van der Waals surface area contributed by atoms with Crippen LogP contribution >= 0.6 is 0 Å². The summed E-state index contributed by atoms with van der Waals surface area (Å²) in [5, 5.41) is 0. The van der Waals surface area contributed by atoms with Crippen molar-refractivity contribution in [3.05, 3.63) is 53.0 Å². The molecule has 1 aromatic carbocycles. The Morgan fingerprint density at radius 2 is 2.00 bits per heavy atom. The summed E-state index contributed by atoms with van der Waals surface area (Å²) in [6, 6.07) is 6.25. The first kappa shape index (κ1) is 14.4. The molecule has 1 aromatic heterocycles. The third kappa shape index (κ3) is 3.12. The van der Waals surface area contributed by atoms with E-state index < -0.39 is 0 Å². The van der Waals surface area contributed by atoms with Gasteiger partial charge in [-0.1, -0.05) is 23.8 Å². The molecule has 5 heteroatoms. The molecule has 1 heterocycles. The molecule has 1 atom stereocenters. The van der Waals surface area contributed by atoms with Gasteiger partial charge >= 0.3 is 0 Å². The molecule has 2 rings (SSSR count). The molecule has 1 unspecified atom stereocenters. The Morgan fingerprint density at radius 3 is 2.70 bits per heavy atom. The van der Waals surface area contributed by atoms with Crippen LogP contribution in [0.2, 0.25) is 0 Å². The van der Waals surface area contributed by atoms with Gasteiger partial charge in [0, 0.05) is 12.4 Å². The van der Waals surface area contributed by atoms with Gasteiger partial charge in [0.05, 0.1) is 13.2 Å². The highest BCUT2D eigenvalue weighted by Gasteiger charge is 2.18. The summed E-state index contributed by atoms with van der Waals surface area (Å²) >= 11 is 0. The molecule has 20 heavy (non-hydrogen) atoms. The van der Waals surface area contributed by atoms with E-state index in [1.807, 2.05) is 0 Å². The molecular weight excluding hydrogens is 252 g/mol. The first-order valence-electron chi connectivity index (χ1n) is 6.53. The predicted octanol–water partition coefficient (Wildman–Crippen LogP) is 1.85. The van der Waals surface area contributed by atoms with Gasteiger partial charge in [-0.05, 0) is 31.4 Å². The van der Waals surface area contributed by atoms with E-state index in [0.29, 0.717) is 5.88 Å². The number of hydrazine groups is 1. The second-order valence-corrected chi connectivity index (χ2v) is 4.80. The van der Waals surface area contributed by atoms with Crippen molar-refractivity contribution >= 4 is 0 Å². The van der Waals surface area contributed by atoms with Crippen molar-refractivity contribution < 1.29 is 4.74 Å². The molecule has 5 nitrogen and oxygen atoms in total. The maximum atomic E-state index is 5.69. The molecule has 106 valence electrons. The number of rotatable bonds is 5. The van der Waals surface area contributed by atoms with Crippen molar-refractivity contribution in [3.8, 4) is 5.88 Å². The zero-order valence-electron chi connectivity index (χ0n) is 12.1. The number of hydrogen-bond acceptors (Lipinski definition) is 5. The molecule has 0 saturated carbocycles. The molecule has 0 saturated heterocycles. The fraction of sp³-hybridized carbons (Fsp3) is 0.333. The SMILES string of the molecule is COc1nccnc1C(Cc1cc(C)ccc1C)NN.